The molecule has 3 heteroatoms. The van der Waals surface area contributed by atoms with Crippen LogP contribution in [-0.2, 0) is 15.7 Å². The summed E-state index contributed by atoms with van der Waals surface area (Å²) in [5.74, 6) is 0. The molecule has 0 saturated heterocycles. The van der Waals surface area contributed by atoms with Crippen LogP contribution >= 0.6 is 0 Å². The number of hydrogen-bond acceptors (Lipinski definition) is 1. The van der Waals surface area contributed by atoms with E-state index in [1.807, 2.05) is 75.4 Å². The van der Waals surface area contributed by atoms with Crippen molar-refractivity contribution in [3.63, 3.8) is 0 Å². The molecule has 2 aromatic rings. The molecule has 104 valence electrons. The van der Waals surface area contributed by atoms with E-state index in [0.717, 1.165) is 11.1 Å². The van der Waals surface area contributed by atoms with Crippen molar-refractivity contribution >= 4 is 17.2 Å². The van der Waals surface area contributed by atoms with Crippen molar-refractivity contribution < 1.29 is 4.21 Å². The molecule has 0 bridgehead atoms. The average Bonchev–Trinajstić information content (AvgIpc) is 2.47. The van der Waals surface area contributed by atoms with Crippen molar-refractivity contribution in [2.75, 3.05) is 0 Å². The highest BCUT2D eigenvalue weighted by atomic mass is 32.2. The van der Waals surface area contributed by atoms with E-state index in [0.29, 0.717) is 0 Å². The first-order valence-electron chi connectivity index (χ1n) is 6.58. The highest BCUT2D eigenvalue weighted by Gasteiger charge is 2.27. The Kier molecular flexibility index (Phi) is 4.50. The Balaban J connectivity index is 2.17. The zero-order valence-electron chi connectivity index (χ0n) is 12.0. The summed E-state index contributed by atoms with van der Waals surface area (Å²) < 4.78 is 16.1. The molecule has 2 aromatic carbocycles. The molecule has 2 rings (SSSR count). The van der Waals surface area contributed by atoms with Crippen LogP contribution in [0.25, 0.3) is 0 Å². The van der Waals surface area contributed by atoms with Crippen LogP contribution in [0.15, 0.2) is 59.0 Å². The highest BCUT2D eigenvalue weighted by Crippen LogP contribution is 2.27. The zero-order valence-corrected chi connectivity index (χ0v) is 12.9. The number of nitrogens with zero attached hydrogens (tertiary/aromatic N) is 1. The molecule has 20 heavy (non-hydrogen) atoms. The predicted octanol–water partition coefficient (Wildman–Crippen LogP) is 4.01. The Hall–Kier alpha value is -1.74. The minimum atomic E-state index is -1.32. The lowest BCUT2D eigenvalue weighted by molar-refractivity contribution is 0.644. The second-order valence-electron chi connectivity index (χ2n) is 5.27. The molecule has 0 aliphatic rings. The summed E-state index contributed by atoms with van der Waals surface area (Å²) in [6, 6.07) is 17.8. The molecule has 0 radical (unpaired) electrons. The Morgan fingerprint density at radius 2 is 1.60 bits per heavy atom. The molecule has 0 N–H and O–H groups in total. The minimum Gasteiger partial charge on any atom is -0.234 e. The lowest BCUT2D eigenvalue weighted by atomic mass is 10.0. The Morgan fingerprint density at radius 1 is 1.00 bits per heavy atom. The summed E-state index contributed by atoms with van der Waals surface area (Å²) in [4.78, 5) is 0. The van der Waals surface area contributed by atoms with Gasteiger partial charge in [0.05, 0.1) is 4.75 Å². The van der Waals surface area contributed by atoms with E-state index in [1.165, 1.54) is 5.56 Å². The summed E-state index contributed by atoms with van der Waals surface area (Å²) in [5, 5.41) is 0. The Labute approximate surface area is 123 Å². The molecule has 0 heterocycles. The van der Waals surface area contributed by atoms with E-state index in [1.54, 1.807) is 6.21 Å². The largest absolute Gasteiger partial charge is 0.234 e. The van der Waals surface area contributed by atoms with Crippen LogP contribution in [0, 0.1) is 6.92 Å². The molecule has 0 unspecified atom stereocenters. The van der Waals surface area contributed by atoms with Crippen molar-refractivity contribution in [1.82, 2.24) is 0 Å². The molecule has 0 aliphatic heterocycles. The fourth-order valence-corrected chi connectivity index (χ4v) is 2.65. The summed E-state index contributed by atoms with van der Waals surface area (Å²) in [6.45, 7) is 5.94. The van der Waals surface area contributed by atoms with Crippen LogP contribution in [0.3, 0.4) is 0 Å². The topological polar surface area (TPSA) is 29.4 Å². The van der Waals surface area contributed by atoms with E-state index in [2.05, 4.69) is 4.40 Å². The van der Waals surface area contributed by atoms with Crippen LogP contribution in [-0.4, -0.2) is 10.4 Å². The third-order valence-corrected chi connectivity index (χ3v) is 4.69. The predicted molar refractivity (Wildman–Crippen MR) is 86.4 cm³/mol. The molecular formula is C17H19NOS. The Bertz CT molecular complexity index is 615. The lowest BCUT2D eigenvalue weighted by Crippen LogP contribution is -2.22. The van der Waals surface area contributed by atoms with Gasteiger partial charge in [0.25, 0.3) is 0 Å². The summed E-state index contributed by atoms with van der Waals surface area (Å²) in [7, 11) is -1.32. The van der Waals surface area contributed by atoms with Gasteiger partial charge in [0, 0.05) is 6.21 Å². The van der Waals surface area contributed by atoms with Gasteiger partial charge in [0.15, 0.2) is 0 Å². The fraction of sp³-hybridized carbons (Fsp3) is 0.235. The molecule has 1 atom stereocenters. The van der Waals surface area contributed by atoms with Crippen molar-refractivity contribution in [1.29, 1.82) is 0 Å². The number of hydrogen-bond donors (Lipinski definition) is 0. The number of benzene rings is 2. The molecule has 0 aliphatic carbocycles. The standard InChI is InChI=1S/C17H19NOS/c1-14-9-11-15(12-10-14)13-18-20(19)17(2,3)16-7-5-4-6-8-16/h4-13H,1-3H3/b18-13+/t20-/m1/s1. The van der Waals surface area contributed by atoms with Gasteiger partial charge in [-0.3, -0.25) is 0 Å². The normalized spacial score (nSPS) is 13.6. The van der Waals surface area contributed by atoms with Gasteiger partial charge in [0.2, 0.25) is 0 Å². The van der Waals surface area contributed by atoms with Crippen molar-refractivity contribution in [3.05, 3.63) is 71.3 Å². The van der Waals surface area contributed by atoms with Gasteiger partial charge in [0.1, 0.15) is 11.0 Å². The van der Waals surface area contributed by atoms with Crippen molar-refractivity contribution in [2.24, 2.45) is 4.40 Å². The van der Waals surface area contributed by atoms with E-state index in [4.69, 9.17) is 0 Å². The number of aryl methyl sites for hydroxylation is 1. The smallest absolute Gasteiger partial charge is 0.149 e. The Morgan fingerprint density at radius 3 is 2.20 bits per heavy atom. The summed E-state index contributed by atoms with van der Waals surface area (Å²) in [5.41, 5.74) is 3.19. The van der Waals surface area contributed by atoms with Gasteiger partial charge in [-0.2, -0.15) is 4.40 Å². The first-order valence-corrected chi connectivity index (χ1v) is 7.69. The molecule has 2 nitrogen and oxygen atoms in total. The van der Waals surface area contributed by atoms with E-state index >= 15 is 0 Å². The van der Waals surface area contributed by atoms with Gasteiger partial charge in [-0.25, -0.2) is 4.21 Å². The van der Waals surface area contributed by atoms with Crippen LogP contribution in [0.1, 0.15) is 30.5 Å². The third-order valence-electron chi connectivity index (χ3n) is 3.28. The molecule has 0 spiro atoms. The van der Waals surface area contributed by atoms with E-state index in [-0.39, 0.29) is 0 Å². The summed E-state index contributed by atoms with van der Waals surface area (Å²) >= 11 is 0. The summed E-state index contributed by atoms with van der Waals surface area (Å²) in [6.07, 6.45) is 1.68. The minimum absolute atomic E-state index is 0.498. The van der Waals surface area contributed by atoms with Gasteiger partial charge < -0.3 is 0 Å². The highest BCUT2D eigenvalue weighted by molar-refractivity contribution is 7.84. The van der Waals surface area contributed by atoms with Crippen molar-refractivity contribution in [2.45, 2.75) is 25.5 Å². The van der Waals surface area contributed by atoms with Gasteiger partial charge in [-0.05, 0) is 31.9 Å². The maximum Gasteiger partial charge on any atom is 0.149 e. The zero-order chi connectivity index (χ0) is 14.6. The molecule has 0 fully saturated rings. The first kappa shape index (κ1) is 14.7. The maximum absolute atomic E-state index is 12.4. The molecule has 0 saturated carbocycles. The lowest BCUT2D eigenvalue weighted by Gasteiger charge is -2.21. The number of rotatable bonds is 4. The molecule has 0 amide bonds. The van der Waals surface area contributed by atoms with E-state index < -0.39 is 15.7 Å². The average molecular weight is 285 g/mol. The quantitative estimate of drug-likeness (QED) is 0.780. The van der Waals surface area contributed by atoms with Crippen molar-refractivity contribution in [3.8, 4) is 0 Å². The fourth-order valence-electron chi connectivity index (χ4n) is 1.83. The van der Waals surface area contributed by atoms with Crippen LogP contribution in [0.5, 0.6) is 0 Å². The second-order valence-corrected chi connectivity index (χ2v) is 7.00. The SMILES string of the molecule is Cc1ccc(/C=N/[S@](=O)C(C)(C)c2ccccc2)cc1. The van der Waals surface area contributed by atoms with Gasteiger partial charge >= 0.3 is 0 Å². The molecule has 0 aromatic heterocycles. The van der Waals surface area contributed by atoms with E-state index in [9.17, 15) is 4.21 Å². The van der Waals surface area contributed by atoms with Crippen LogP contribution < -0.4 is 0 Å². The maximum atomic E-state index is 12.4. The van der Waals surface area contributed by atoms with Crippen LogP contribution in [0.2, 0.25) is 0 Å². The third kappa shape index (κ3) is 3.42. The van der Waals surface area contributed by atoms with Gasteiger partial charge in [-0.15, -0.1) is 0 Å². The monoisotopic (exact) mass is 285 g/mol. The van der Waals surface area contributed by atoms with Gasteiger partial charge in [-0.1, -0.05) is 60.2 Å². The van der Waals surface area contributed by atoms with Crippen LogP contribution in [0.4, 0.5) is 0 Å². The molecular weight excluding hydrogens is 266 g/mol. The second kappa shape index (κ2) is 6.14. The first-order chi connectivity index (χ1) is 9.50.